The molecule has 0 aromatic heterocycles. The van der Waals surface area contributed by atoms with Gasteiger partial charge in [-0.15, -0.1) is 5.46 Å². The molecule has 6 rings (SSSR count). The van der Waals surface area contributed by atoms with Crippen LogP contribution < -0.4 is 37.8 Å². The standard InChI is InChI=1S/C48H58BN6O8/c1-45(2,42(58)53-47(5,6)44(60)55-48(7,8)43(59)54-46(3,4)41(57)51-29-38(50)56)52-28-32-20-12-15-27-37(32)49(61-9)62-39(35-25-16-21-30-18-10-13-23-33(30)35)40(63-49)36-26-17-22-31-19-11-14-24-34(31)36/h10-27,39-40,52H,28-29H2,1-9H3,(H2,50,56)(H,51,57)(H,53,58)(H,54,59)(H,55,60)/q-1/t39-,40-/m1/s1. The number of nitrogens with one attached hydrogen (secondary N) is 5. The average Bonchev–Trinajstić information content (AvgIpc) is 3.64. The van der Waals surface area contributed by atoms with Crippen LogP contribution in [-0.2, 0) is 44.5 Å². The normalized spacial score (nSPS) is 16.7. The number of carbonyl (C=O) groups excluding carboxylic acids is 5. The number of benzene rings is 5. The Hall–Kier alpha value is -6.13. The molecule has 2 atom stereocenters. The summed E-state index contributed by atoms with van der Waals surface area (Å²) in [4.78, 5) is 64.7. The fraction of sp³-hybridized carbons (Fsp3) is 0.354. The zero-order chi connectivity index (χ0) is 46.0. The van der Waals surface area contributed by atoms with Gasteiger partial charge in [0.25, 0.3) is 0 Å². The Kier molecular flexibility index (Phi) is 13.2. The lowest BCUT2D eigenvalue weighted by atomic mass is 9.67. The Morgan fingerprint density at radius 3 is 1.46 bits per heavy atom. The van der Waals surface area contributed by atoms with Crippen LogP contribution in [-0.4, -0.2) is 72.1 Å². The molecule has 1 aliphatic rings. The number of rotatable bonds is 16. The van der Waals surface area contributed by atoms with Gasteiger partial charge < -0.3 is 41.0 Å². The Balaban J connectivity index is 1.21. The third-order valence-corrected chi connectivity index (χ3v) is 11.6. The fourth-order valence-electron chi connectivity index (χ4n) is 7.73. The number of hydrogen-bond acceptors (Lipinski definition) is 9. The Morgan fingerprint density at radius 1 is 0.571 bits per heavy atom. The van der Waals surface area contributed by atoms with Gasteiger partial charge in [0, 0.05) is 6.54 Å². The van der Waals surface area contributed by atoms with Gasteiger partial charge in [-0.1, -0.05) is 115 Å². The molecule has 0 saturated carbocycles. The Labute approximate surface area is 368 Å². The SMILES string of the molecule is CO[B-]1(c2ccccc2CNC(C)(C)C(=O)NC(C)(C)C(=O)NC(C)(C)C(=O)NC(C)(C)C(=O)NCC(N)=O)O[C@H](c2cccc3ccccc23)[C@@H](c2cccc3ccccc23)O1. The predicted molar refractivity (Wildman–Crippen MR) is 244 cm³/mol. The predicted octanol–water partition coefficient (Wildman–Crippen LogP) is 4.47. The van der Waals surface area contributed by atoms with Crippen molar-refractivity contribution in [2.45, 2.75) is 96.3 Å². The zero-order valence-corrected chi connectivity index (χ0v) is 37.4. The lowest BCUT2D eigenvalue weighted by molar-refractivity contribution is -0.140. The summed E-state index contributed by atoms with van der Waals surface area (Å²) in [5.41, 5.74) is 2.83. The van der Waals surface area contributed by atoms with Crippen LogP contribution in [0.5, 0.6) is 0 Å². The van der Waals surface area contributed by atoms with E-state index >= 15 is 0 Å². The van der Waals surface area contributed by atoms with Gasteiger partial charge in [-0.3, -0.25) is 29.3 Å². The Bertz CT molecular complexity index is 2460. The van der Waals surface area contributed by atoms with Gasteiger partial charge in [0.05, 0.1) is 24.3 Å². The third-order valence-electron chi connectivity index (χ3n) is 11.6. The van der Waals surface area contributed by atoms with E-state index in [0.29, 0.717) is 5.46 Å². The van der Waals surface area contributed by atoms with Crippen LogP contribution in [0.1, 0.15) is 84.3 Å². The minimum Gasteiger partial charge on any atom is -0.543 e. The summed E-state index contributed by atoms with van der Waals surface area (Å²) < 4.78 is 20.6. The molecule has 0 aliphatic carbocycles. The highest BCUT2D eigenvalue weighted by molar-refractivity contribution is 6.76. The van der Waals surface area contributed by atoms with Crippen LogP contribution in [0.3, 0.4) is 0 Å². The Morgan fingerprint density at radius 2 is 0.984 bits per heavy atom. The zero-order valence-electron chi connectivity index (χ0n) is 37.4. The first-order chi connectivity index (χ1) is 29.6. The van der Waals surface area contributed by atoms with Crippen LogP contribution in [0.2, 0.25) is 0 Å². The minimum atomic E-state index is -2.58. The van der Waals surface area contributed by atoms with E-state index in [1.165, 1.54) is 41.5 Å². The molecule has 1 heterocycles. The molecule has 0 bridgehead atoms. The number of primary amides is 1. The second-order valence-corrected chi connectivity index (χ2v) is 18.2. The van der Waals surface area contributed by atoms with E-state index in [9.17, 15) is 24.0 Å². The molecule has 63 heavy (non-hydrogen) atoms. The van der Waals surface area contributed by atoms with Crippen LogP contribution >= 0.6 is 0 Å². The summed E-state index contributed by atoms with van der Waals surface area (Å²) in [7, 11) is 1.58. The average molecular weight is 858 g/mol. The molecule has 5 aromatic carbocycles. The lowest BCUT2D eigenvalue weighted by Gasteiger charge is -2.38. The van der Waals surface area contributed by atoms with Crippen LogP contribution in [0.25, 0.3) is 21.5 Å². The van der Waals surface area contributed by atoms with Crippen molar-refractivity contribution >= 4 is 63.3 Å². The fourth-order valence-corrected chi connectivity index (χ4v) is 7.73. The number of hydrogen-bond donors (Lipinski definition) is 6. The largest absolute Gasteiger partial charge is 0.543 e. The van der Waals surface area contributed by atoms with Crippen molar-refractivity contribution in [1.29, 1.82) is 0 Å². The number of carbonyl (C=O) groups is 5. The molecule has 332 valence electrons. The molecule has 7 N–H and O–H groups in total. The van der Waals surface area contributed by atoms with E-state index in [2.05, 4.69) is 75.1 Å². The summed E-state index contributed by atoms with van der Waals surface area (Å²) in [5, 5.41) is 18.1. The molecule has 1 aliphatic heterocycles. The van der Waals surface area contributed by atoms with E-state index in [1.807, 2.05) is 60.7 Å². The topological polar surface area (TPSA) is 199 Å². The first-order valence-corrected chi connectivity index (χ1v) is 21.0. The van der Waals surface area contributed by atoms with Crippen molar-refractivity contribution < 1.29 is 37.9 Å². The molecular weight excluding hydrogens is 799 g/mol. The van der Waals surface area contributed by atoms with Gasteiger partial charge in [0.1, 0.15) is 16.6 Å². The molecule has 5 amide bonds. The molecular formula is C48H58BN6O8-. The maximum atomic E-state index is 14.0. The van der Waals surface area contributed by atoms with E-state index in [0.717, 1.165) is 38.2 Å². The summed E-state index contributed by atoms with van der Waals surface area (Å²) >= 11 is 0. The molecule has 0 spiro atoms. The van der Waals surface area contributed by atoms with E-state index < -0.39 is 77.2 Å². The molecule has 1 fully saturated rings. The quantitative estimate of drug-likeness (QED) is 0.0776. The van der Waals surface area contributed by atoms with Gasteiger partial charge in [-0.2, -0.15) is 0 Å². The number of nitrogens with two attached hydrogens (primary N) is 1. The van der Waals surface area contributed by atoms with Gasteiger partial charge in [-0.25, -0.2) is 0 Å². The number of fused-ring (bicyclic) bond motifs is 2. The highest BCUT2D eigenvalue weighted by Crippen LogP contribution is 2.48. The molecule has 1 saturated heterocycles. The second kappa shape index (κ2) is 17.9. The third kappa shape index (κ3) is 9.92. The highest BCUT2D eigenvalue weighted by Gasteiger charge is 2.48. The summed E-state index contributed by atoms with van der Waals surface area (Å²) in [6.45, 7) is 9.52. The van der Waals surface area contributed by atoms with Crippen LogP contribution in [0.15, 0.2) is 109 Å². The van der Waals surface area contributed by atoms with Crippen molar-refractivity contribution in [1.82, 2.24) is 26.6 Å². The van der Waals surface area contributed by atoms with Gasteiger partial charge in [0.15, 0.2) is 0 Å². The monoisotopic (exact) mass is 857 g/mol. The lowest BCUT2D eigenvalue weighted by Crippen LogP contribution is -2.67. The van der Waals surface area contributed by atoms with E-state index in [-0.39, 0.29) is 6.54 Å². The molecule has 5 aromatic rings. The van der Waals surface area contributed by atoms with Crippen molar-refractivity contribution in [2.75, 3.05) is 13.7 Å². The van der Waals surface area contributed by atoms with Gasteiger partial charge in [-0.05, 0) is 95.2 Å². The van der Waals surface area contributed by atoms with Gasteiger partial charge in [0.2, 0.25) is 29.5 Å². The molecule has 15 heteroatoms. The first-order valence-electron chi connectivity index (χ1n) is 21.0. The number of amides is 5. The van der Waals surface area contributed by atoms with Crippen LogP contribution in [0.4, 0.5) is 0 Å². The maximum absolute atomic E-state index is 14.0. The molecule has 0 unspecified atom stereocenters. The van der Waals surface area contributed by atoms with Crippen molar-refractivity contribution in [2.24, 2.45) is 5.73 Å². The van der Waals surface area contributed by atoms with Crippen molar-refractivity contribution in [3.05, 3.63) is 126 Å². The highest BCUT2D eigenvalue weighted by atomic mass is 16.8. The molecule has 0 radical (unpaired) electrons. The van der Waals surface area contributed by atoms with Crippen molar-refractivity contribution in [3.63, 3.8) is 0 Å². The first kappa shape index (κ1) is 46.4. The van der Waals surface area contributed by atoms with Gasteiger partial charge >= 0.3 is 6.75 Å². The minimum absolute atomic E-state index is 0.191. The molecule has 14 nitrogen and oxygen atoms in total. The maximum Gasteiger partial charge on any atom is 0.410 e. The second-order valence-electron chi connectivity index (χ2n) is 18.2. The smallest absolute Gasteiger partial charge is 0.410 e. The van der Waals surface area contributed by atoms with E-state index in [1.54, 1.807) is 21.0 Å². The summed E-state index contributed by atoms with van der Waals surface area (Å²) in [5.74, 6) is -3.18. The summed E-state index contributed by atoms with van der Waals surface area (Å²) in [6, 6.07) is 36.3. The summed E-state index contributed by atoms with van der Waals surface area (Å²) in [6.07, 6.45) is -1.12. The van der Waals surface area contributed by atoms with Crippen LogP contribution in [0, 0.1) is 0 Å². The van der Waals surface area contributed by atoms with E-state index in [4.69, 9.17) is 19.7 Å². The van der Waals surface area contributed by atoms with Crippen molar-refractivity contribution in [3.8, 4) is 0 Å².